The number of rotatable bonds is 3. The van der Waals surface area contributed by atoms with E-state index in [1.54, 1.807) is 12.1 Å². The number of nitrogens with one attached hydrogen (secondary N) is 1. The number of ether oxygens (including phenoxy) is 1. The van der Waals surface area contributed by atoms with E-state index in [1.165, 1.54) is 7.11 Å². The number of anilines is 2. The summed E-state index contributed by atoms with van der Waals surface area (Å²) in [6.45, 7) is 4.41. The van der Waals surface area contributed by atoms with E-state index in [4.69, 9.17) is 10.5 Å². The molecule has 1 aliphatic rings. The van der Waals surface area contributed by atoms with E-state index < -0.39 is 5.97 Å². The SMILES string of the molecule is COC(=O)c1cc(NC2CCN(C)CC2C)ccc1N. The first kappa shape index (κ1) is 14.7. The van der Waals surface area contributed by atoms with E-state index in [2.05, 4.69) is 24.2 Å². The number of hydrogen-bond donors (Lipinski definition) is 2. The van der Waals surface area contributed by atoms with E-state index >= 15 is 0 Å². The van der Waals surface area contributed by atoms with E-state index in [1.807, 2.05) is 6.07 Å². The van der Waals surface area contributed by atoms with Gasteiger partial charge in [0.25, 0.3) is 0 Å². The van der Waals surface area contributed by atoms with Crippen LogP contribution in [-0.2, 0) is 4.74 Å². The van der Waals surface area contributed by atoms with Crippen molar-refractivity contribution in [3.05, 3.63) is 23.8 Å². The Morgan fingerprint density at radius 1 is 1.50 bits per heavy atom. The zero-order valence-electron chi connectivity index (χ0n) is 12.3. The largest absolute Gasteiger partial charge is 0.465 e. The number of piperidine rings is 1. The number of methoxy groups -OCH3 is 1. The monoisotopic (exact) mass is 277 g/mol. The average molecular weight is 277 g/mol. The number of hydrogen-bond acceptors (Lipinski definition) is 5. The molecule has 1 heterocycles. The van der Waals surface area contributed by atoms with Gasteiger partial charge in [0.1, 0.15) is 0 Å². The second-order valence-corrected chi connectivity index (χ2v) is 5.57. The van der Waals surface area contributed by atoms with Crippen molar-refractivity contribution in [1.29, 1.82) is 0 Å². The summed E-state index contributed by atoms with van der Waals surface area (Å²) in [7, 11) is 3.51. The topological polar surface area (TPSA) is 67.6 Å². The molecule has 1 aliphatic heterocycles. The molecular weight excluding hydrogens is 254 g/mol. The number of carbonyl (C=O) groups excluding carboxylic acids is 1. The Morgan fingerprint density at radius 3 is 2.90 bits per heavy atom. The molecule has 1 aromatic rings. The van der Waals surface area contributed by atoms with Crippen molar-refractivity contribution in [2.24, 2.45) is 5.92 Å². The molecule has 110 valence electrons. The van der Waals surface area contributed by atoms with Crippen LogP contribution in [0.3, 0.4) is 0 Å². The number of benzene rings is 1. The molecule has 0 aliphatic carbocycles. The van der Waals surface area contributed by atoms with Gasteiger partial charge in [-0.3, -0.25) is 0 Å². The van der Waals surface area contributed by atoms with Crippen LogP contribution in [0.2, 0.25) is 0 Å². The predicted molar refractivity (Wildman–Crippen MR) is 80.9 cm³/mol. The van der Waals surface area contributed by atoms with Crippen molar-refractivity contribution in [3.8, 4) is 0 Å². The van der Waals surface area contributed by atoms with E-state index in [0.29, 0.717) is 23.2 Å². The molecule has 0 bridgehead atoms. The molecule has 0 aromatic heterocycles. The lowest BCUT2D eigenvalue weighted by Crippen LogP contribution is -2.43. The standard InChI is InChI=1S/C15H23N3O2/c1-10-9-18(2)7-6-14(10)17-11-4-5-13(16)12(8-11)15(19)20-3/h4-5,8,10,14,17H,6-7,9,16H2,1-3H3. The van der Waals surface area contributed by atoms with Crippen LogP contribution in [0.15, 0.2) is 18.2 Å². The fourth-order valence-corrected chi connectivity index (χ4v) is 2.72. The Hall–Kier alpha value is -1.75. The number of carbonyl (C=O) groups is 1. The highest BCUT2D eigenvalue weighted by Gasteiger charge is 2.24. The van der Waals surface area contributed by atoms with Gasteiger partial charge in [-0.2, -0.15) is 0 Å². The molecule has 2 atom stereocenters. The molecule has 2 rings (SSSR count). The molecule has 20 heavy (non-hydrogen) atoms. The summed E-state index contributed by atoms with van der Waals surface area (Å²) >= 11 is 0. The molecule has 0 radical (unpaired) electrons. The third-order valence-corrected chi connectivity index (χ3v) is 3.92. The average Bonchev–Trinajstić information content (AvgIpc) is 2.43. The minimum Gasteiger partial charge on any atom is -0.465 e. The second-order valence-electron chi connectivity index (χ2n) is 5.57. The normalized spacial score (nSPS) is 23.4. The molecule has 1 fully saturated rings. The van der Waals surface area contributed by atoms with Gasteiger partial charge in [-0.15, -0.1) is 0 Å². The molecule has 1 aromatic carbocycles. The first-order valence-electron chi connectivity index (χ1n) is 6.94. The van der Waals surface area contributed by atoms with Crippen molar-refractivity contribution in [2.75, 3.05) is 38.3 Å². The second kappa shape index (κ2) is 6.13. The van der Waals surface area contributed by atoms with E-state index in [-0.39, 0.29) is 0 Å². The molecule has 3 N–H and O–H groups in total. The van der Waals surface area contributed by atoms with Gasteiger partial charge in [0.2, 0.25) is 0 Å². The Bertz CT molecular complexity index is 490. The van der Waals surface area contributed by atoms with Gasteiger partial charge in [0.15, 0.2) is 0 Å². The Kier molecular flexibility index (Phi) is 4.49. The number of nitrogen functional groups attached to an aromatic ring is 1. The Balaban J connectivity index is 2.12. The highest BCUT2D eigenvalue weighted by molar-refractivity contribution is 5.96. The number of likely N-dealkylation sites (tertiary alicyclic amines) is 1. The highest BCUT2D eigenvalue weighted by atomic mass is 16.5. The van der Waals surface area contributed by atoms with Gasteiger partial charge < -0.3 is 20.7 Å². The van der Waals surface area contributed by atoms with Gasteiger partial charge in [0.05, 0.1) is 12.7 Å². The fourth-order valence-electron chi connectivity index (χ4n) is 2.72. The molecule has 0 amide bonds. The van der Waals surface area contributed by atoms with Crippen molar-refractivity contribution in [1.82, 2.24) is 4.90 Å². The minimum absolute atomic E-state index is 0.400. The minimum atomic E-state index is -0.400. The third kappa shape index (κ3) is 3.22. The number of nitrogens with zero attached hydrogens (tertiary/aromatic N) is 1. The Labute approximate surface area is 120 Å². The first-order valence-corrected chi connectivity index (χ1v) is 6.94. The van der Waals surface area contributed by atoms with Crippen LogP contribution in [0.25, 0.3) is 0 Å². The van der Waals surface area contributed by atoms with Gasteiger partial charge in [-0.05, 0) is 44.1 Å². The molecule has 5 heteroatoms. The summed E-state index contributed by atoms with van der Waals surface area (Å²) < 4.78 is 4.74. The van der Waals surface area contributed by atoms with Crippen molar-refractivity contribution < 1.29 is 9.53 Å². The van der Waals surface area contributed by atoms with Crippen molar-refractivity contribution >= 4 is 17.3 Å². The maximum absolute atomic E-state index is 11.6. The predicted octanol–water partition coefficient (Wildman–Crippen LogP) is 1.81. The third-order valence-electron chi connectivity index (χ3n) is 3.92. The molecular formula is C15H23N3O2. The van der Waals surface area contributed by atoms with Gasteiger partial charge >= 0.3 is 5.97 Å². The molecule has 1 saturated heterocycles. The van der Waals surface area contributed by atoms with Crippen LogP contribution >= 0.6 is 0 Å². The molecule has 2 unspecified atom stereocenters. The maximum Gasteiger partial charge on any atom is 0.340 e. The van der Waals surface area contributed by atoms with Gasteiger partial charge in [0, 0.05) is 24.0 Å². The van der Waals surface area contributed by atoms with Crippen LogP contribution in [-0.4, -0.2) is 44.2 Å². The van der Waals surface area contributed by atoms with Crippen molar-refractivity contribution in [2.45, 2.75) is 19.4 Å². The van der Waals surface area contributed by atoms with Crippen molar-refractivity contribution in [3.63, 3.8) is 0 Å². The lowest BCUT2D eigenvalue weighted by atomic mass is 9.94. The number of nitrogens with two attached hydrogens (primary N) is 1. The quantitative estimate of drug-likeness (QED) is 0.651. The fraction of sp³-hybridized carbons (Fsp3) is 0.533. The lowest BCUT2D eigenvalue weighted by Gasteiger charge is -2.35. The summed E-state index contributed by atoms with van der Waals surface area (Å²) in [6, 6.07) is 5.84. The summed E-state index contributed by atoms with van der Waals surface area (Å²) in [5.74, 6) is 0.162. The Morgan fingerprint density at radius 2 is 2.25 bits per heavy atom. The zero-order valence-corrected chi connectivity index (χ0v) is 12.3. The van der Waals surface area contributed by atoms with Crippen LogP contribution in [0.1, 0.15) is 23.7 Å². The van der Waals surface area contributed by atoms with Gasteiger partial charge in [-0.1, -0.05) is 6.92 Å². The molecule has 0 spiro atoms. The zero-order chi connectivity index (χ0) is 14.7. The maximum atomic E-state index is 11.6. The summed E-state index contributed by atoms with van der Waals surface area (Å²) in [6.07, 6.45) is 1.09. The summed E-state index contributed by atoms with van der Waals surface area (Å²) in [5.41, 5.74) is 7.59. The number of esters is 1. The van der Waals surface area contributed by atoms with Gasteiger partial charge in [-0.25, -0.2) is 4.79 Å². The van der Waals surface area contributed by atoms with Crippen LogP contribution in [0.4, 0.5) is 11.4 Å². The summed E-state index contributed by atoms with van der Waals surface area (Å²) in [5, 5.41) is 3.51. The smallest absolute Gasteiger partial charge is 0.340 e. The van der Waals surface area contributed by atoms with Crippen LogP contribution in [0, 0.1) is 5.92 Å². The van der Waals surface area contributed by atoms with Crippen LogP contribution in [0.5, 0.6) is 0 Å². The molecule has 5 nitrogen and oxygen atoms in total. The molecule has 0 saturated carbocycles. The first-order chi connectivity index (χ1) is 9.51. The van der Waals surface area contributed by atoms with E-state index in [0.717, 1.165) is 25.2 Å². The highest BCUT2D eigenvalue weighted by Crippen LogP contribution is 2.23. The van der Waals surface area contributed by atoms with Crippen LogP contribution < -0.4 is 11.1 Å². The summed E-state index contributed by atoms with van der Waals surface area (Å²) in [4.78, 5) is 14.0. The lowest BCUT2D eigenvalue weighted by molar-refractivity contribution is 0.0602. The van der Waals surface area contributed by atoms with E-state index in [9.17, 15) is 4.79 Å².